The van der Waals surface area contributed by atoms with Crippen molar-refractivity contribution in [2.75, 3.05) is 14.1 Å². The summed E-state index contributed by atoms with van der Waals surface area (Å²) in [7, 11) is 3.71. The number of carboxylic acid groups (broad SMARTS) is 1. The van der Waals surface area contributed by atoms with Gasteiger partial charge >= 0.3 is 5.97 Å². The fraction of sp³-hybridized carbons (Fsp3) is 0.900. The monoisotopic (exact) mass is 185 g/mol. The zero-order chi connectivity index (χ0) is 10.3. The lowest BCUT2D eigenvalue weighted by Crippen LogP contribution is -2.49. The fourth-order valence-corrected chi connectivity index (χ4v) is 2.27. The third kappa shape index (κ3) is 1.70. The highest BCUT2D eigenvalue weighted by Gasteiger charge is 2.50. The summed E-state index contributed by atoms with van der Waals surface area (Å²) in [6.45, 7) is 4.28. The molecule has 1 fully saturated rings. The first-order valence-electron chi connectivity index (χ1n) is 4.71. The van der Waals surface area contributed by atoms with Crippen LogP contribution >= 0.6 is 0 Å². The van der Waals surface area contributed by atoms with Gasteiger partial charge in [-0.2, -0.15) is 0 Å². The molecule has 0 amide bonds. The molecule has 1 N–H and O–H groups in total. The summed E-state index contributed by atoms with van der Waals surface area (Å²) in [5.74, 6) is -0.678. The van der Waals surface area contributed by atoms with Crippen LogP contribution in [-0.2, 0) is 4.79 Å². The van der Waals surface area contributed by atoms with Crippen molar-refractivity contribution in [3.63, 3.8) is 0 Å². The Morgan fingerprint density at radius 3 is 2.00 bits per heavy atom. The maximum Gasteiger partial charge on any atom is 0.324 e. The van der Waals surface area contributed by atoms with E-state index in [2.05, 4.69) is 13.8 Å². The Morgan fingerprint density at radius 1 is 1.31 bits per heavy atom. The minimum absolute atomic E-state index is 0.169. The van der Waals surface area contributed by atoms with Crippen LogP contribution in [0, 0.1) is 5.41 Å². The van der Waals surface area contributed by atoms with Gasteiger partial charge in [-0.05, 0) is 38.8 Å². The molecule has 0 heterocycles. The number of aliphatic carboxylic acids is 1. The van der Waals surface area contributed by atoms with E-state index in [1.165, 1.54) is 0 Å². The Kier molecular flexibility index (Phi) is 2.41. The molecule has 76 valence electrons. The summed E-state index contributed by atoms with van der Waals surface area (Å²) in [6.07, 6.45) is 2.52. The Hall–Kier alpha value is -0.570. The Morgan fingerprint density at radius 2 is 1.85 bits per heavy atom. The lowest BCUT2D eigenvalue weighted by atomic mass is 9.87. The highest BCUT2D eigenvalue weighted by Crippen LogP contribution is 2.45. The quantitative estimate of drug-likeness (QED) is 0.710. The van der Waals surface area contributed by atoms with Crippen LogP contribution in [0.15, 0.2) is 0 Å². The molecule has 0 aromatic heterocycles. The molecule has 0 spiro atoms. The maximum absolute atomic E-state index is 11.2. The molecule has 3 nitrogen and oxygen atoms in total. The topological polar surface area (TPSA) is 40.5 Å². The number of hydrogen-bond donors (Lipinski definition) is 1. The van der Waals surface area contributed by atoms with E-state index in [-0.39, 0.29) is 5.41 Å². The van der Waals surface area contributed by atoms with Gasteiger partial charge in [0.25, 0.3) is 0 Å². The molecule has 13 heavy (non-hydrogen) atoms. The maximum atomic E-state index is 11.2. The molecule has 0 aliphatic heterocycles. The molecule has 0 aromatic rings. The van der Waals surface area contributed by atoms with Gasteiger partial charge in [-0.1, -0.05) is 13.8 Å². The van der Waals surface area contributed by atoms with Gasteiger partial charge in [0.05, 0.1) is 0 Å². The average molecular weight is 185 g/mol. The predicted molar refractivity (Wildman–Crippen MR) is 51.7 cm³/mol. The summed E-state index contributed by atoms with van der Waals surface area (Å²) in [5.41, 5.74) is -0.452. The van der Waals surface area contributed by atoms with Gasteiger partial charge in [0.1, 0.15) is 5.54 Å². The van der Waals surface area contributed by atoms with E-state index in [0.29, 0.717) is 0 Å². The third-order valence-electron chi connectivity index (χ3n) is 3.24. The lowest BCUT2D eigenvalue weighted by molar-refractivity contribution is -0.150. The summed E-state index contributed by atoms with van der Waals surface area (Å²) in [5, 5.41) is 9.22. The summed E-state index contributed by atoms with van der Waals surface area (Å²) >= 11 is 0. The van der Waals surface area contributed by atoms with Gasteiger partial charge in [0.2, 0.25) is 0 Å². The first kappa shape index (κ1) is 10.5. The van der Waals surface area contributed by atoms with Crippen LogP contribution in [-0.4, -0.2) is 35.6 Å². The van der Waals surface area contributed by atoms with E-state index < -0.39 is 11.5 Å². The van der Waals surface area contributed by atoms with Crippen LogP contribution in [0.1, 0.15) is 33.1 Å². The van der Waals surface area contributed by atoms with Crippen LogP contribution in [0.3, 0.4) is 0 Å². The van der Waals surface area contributed by atoms with Crippen LogP contribution in [0.25, 0.3) is 0 Å². The second kappa shape index (κ2) is 2.98. The van der Waals surface area contributed by atoms with Crippen molar-refractivity contribution >= 4 is 5.97 Å². The third-order valence-corrected chi connectivity index (χ3v) is 3.24. The van der Waals surface area contributed by atoms with Crippen LogP contribution < -0.4 is 0 Å². The summed E-state index contributed by atoms with van der Waals surface area (Å²) in [6, 6.07) is 0. The number of rotatable bonds is 2. The molecular formula is C10H19NO2. The number of hydrogen-bond acceptors (Lipinski definition) is 2. The molecule has 3 heteroatoms. The first-order valence-corrected chi connectivity index (χ1v) is 4.71. The van der Waals surface area contributed by atoms with E-state index >= 15 is 0 Å². The number of likely N-dealkylation sites (N-methyl/N-ethyl adjacent to an activating group) is 1. The largest absolute Gasteiger partial charge is 0.480 e. The van der Waals surface area contributed by atoms with E-state index in [0.717, 1.165) is 19.3 Å². The van der Waals surface area contributed by atoms with Crippen LogP contribution in [0.2, 0.25) is 0 Å². The smallest absolute Gasteiger partial charge is 0.324 e. The first-order chi connectivity index (χ1) is 5.80. The van der Waals surface area contributed by atoms with E-state index in [1.54, 1.807) is 0 Å². The van der Waals surface area contributed by atoms with Gasteiger partial charge < -0.3 is 5.11 Å². The zero-order valence-electron chi connectivity index (χ0n) is 8.92. The molecule has 1 saturated carbocycles. The highest BCUT2D eigenvalue weighted by atomic mass is 16.4. The van der Waals surface area contributed by atoms with E-state index in [9.17, 15) is 9.90 Å². The van der Waals surface area contributed by atoms with Crippen molar-refractivity contribution in [3.05, 3.63) is 0 Å². The number of carboxylic acids is 1. The van der Waals surface area contributed by atoms with Gasteiger partial charge in [-0.3, -0.25) is 9.69 Å². The van der Waals surface area contributed by atoms with Gasteiger partial charge in [0.15, 0.2) is 0 Å². The zero-order valence-corrected chi connectivity index (χ0v) is 8.92. The molecule has 0 aromatic carbocycles. The van der Waals surface area contributed by atoms with Crippen molar-refractivity contribution < 1.29 is 9.90 Å². The average Bonchev–Trinajstić information content (AvgIpc) is 2.27. The standard InChI is InChI=1S/C10H19NO2/c1-9(2)5-6-10(7-9,8(12)13)11(3)4/h5-7H2,1-4H3,(H,12,13). The molecule has 1 unspecified atom stereocenters. The van der Waals surface area contributed by atoms with Crippen molar-refractivity contribution in [2.24, 2.45) is 5.41 Å². The minimum atomic E-state index is -0.678. The number of carbonyl (C=O) groups is 1. The van der Waals surface area contributed by atoms with Gasteiger partial charge in [-0.25, -0.2) is 0 Å². The minimum Gasteiger partial charge on any atom is -0.480 e. The molecule has 1 aliphatic carbocycles. The molecule has 1 rings (SSSR count). The van der Waals surface area contributed by atoms with E-state index in [1.807, 2.05) is 19.0 Å². The van der Waals surface area contributed by atoms with Crippen molar-refractivity contribution in [3.8, 4) is 0 Å². The van der Waals surface area contributed by atoms with Gasteiger partial charge in [-0.15, -0.1) is 0 Å². The SMILES string of the molecule is CN(C)C1(C(=O)O)CCC(C)(C)C1. The predicted octanol–water partition coefficient (Wildman–Crippen LogP) is 1.58. The fourth-order valence-electron chi connectivity index (χ4n) is 2.27. The second-order valence-corrected chi connectivity index (χ2v) is 5.07. The molecule has 1 atom stereocenters. The highest BCUT2D eigenvalue weighted by molar-refractivity contribution is 5.79. The molecule has 0 radical (unpaired) electrons. The summed E-state index contributed by atoms with van der Waals surface area (Å²) in [4.78, 5) is 13.1. The second-order valence-electron chi connectivity index (χ2n) is 5.07. The van der Waals surface area contributed by atoms with E-state index in [4.69, 9.17) is 0 Å². The Labute approximate surface area is 79.7 Å². The summed E-state index contributed by atoms with van der Waals surface area (Å²) < 4.78 is 0. The molecule has 1 aliphatic rings. The number of nitrogens with zero attached hydrogens (tertiary/aromatic N) is 1. The molecular weight excluding hydrogens is 166 g/mol. The Balaban J connectivity index is 2.91. The van der Waals surface area contributed by atoms with Crippen LogP contribution in [0.5, 0.6) is 0 Å². The molecule has 0 saturated heterocycles. The van der Waals surface area contributed by atoms with Crippen molar-refractivity contribution in [1.29, 1.82) is 0 Å². The van der Waals surface area contributed by atoms with Crippen molar-refractivity contribution in [2.45, 2.75) is 38.6 Å². The molecule has 0 bridgehead atoms. The Bertz CT molecular complexity index is 223. The van der Waals surface area contributed by atoms with Crippen LogP contribution in [0.4, 0.5) is 0 Å². The van der Waals surface area contributed by atoms with Crippen molar-refractivity contribution in [1.82, 2.24) is 4.90 Å². The lowest BCUT2D eigenvalue weighted by Gasteiger charge is -2.33. The normalized spacial score (nSPS) is 32.4. The van der Waals surface area contributed by atoms with Gasteiger partial charge in [0, 0.05) is 0 Å².